The number of carbonyl (C=O) groups excluding carboxylic acids is 1. The van der Waals surface area contributed by atoms with Crippen LogP contribution in [0.3, 0.4) is 0 Å². The first-order valence-corrected chi connectivity index (χ1v) is 4.48. The summed E-state index contributed by atoms with van der Waals surface area (Å²) in [5, 5.41) is 0. The smallest absolute Gasteiger partial charge is 0.307 e. The number of rotatable bonds is 2. The molecule has 1 unspecified atom stereocenters. The Labute approximate surface area is 84.4 Å². The van der Waals surface area contributed by atoms with E-state index in [1.165, 1.54) is 26.4 Å². The molecule has 2 fully saturated rings. The molecule has 0 aliphatic heterocycles. The Bertz CT molecular complexity index is 228. The number of esters is 1. The summed E-state index contributed by atoms with van der Waals surface area (Å²) in [5.74, 6) is -0.165. The molecule has 0 heterocycles. The van der Waals surface area contributed by atoms with E-state index in [0.717, 1.165) is 6.42 Å². The van der Waals surface area contributed by atoms with Gasteiger partial charge >= 0.3 is 5.97 Å². The van der Waals surface area contributed by atoms with E-state index in [-0.39, 0.29) is 23.9 Å². The van der Waals surface area contributed by atoms with E-state index in [1.54, 1.807) is 0 Å². The van der Waals surface area contributed by atoms with Crippen molar-refractivity contribution in [2.24, 2.45) is 11.1 Å². The number of carbonyl (C=O) groups is 1. The van der Waals surface area contributed by atoms with Crippen LogP contribution in [0.15, 0.2) is 0 Å². The minimum atomic E-state index is -0.210. The van der Waals surface area contributed by atoms with E-state index in [4.69, 9.17) is 5.73 Å². The third kappa shape index (κ3) is 1.44. The lowest BCUT2D eigenvalue weighted by Gasteiger charge is -2.30. The van der Waals surface area contributed by atoms with Crippen molar-refractivity contribution >= 4 is 18.4 Å². The summed E-state index contributed by atoms with van der Waals surface area (Å²) in [6.07, 6.45) is 5.12. The van der Waals surface area contributed by atoms with Gasteiger partial charge in [-0.1, -0.05) is 6.42 Å². The Hall–Kier alpha value is -0.280. The van der Waals surface area contributed by atoms with Gasteiger partial charge in [0, 0.05) is 5.54 Å². The molecular formula is C9H16ClNO2. The van der Waals surface area contributed by atoms with Crippen LogP contribution in [0, 0.1) is 5.41 Å². The molecular weight excluding hydrogens is 190 g/mol. The van der Waals surface area contributed by atoms with Gasteiger partial charge in [0.05, 0.1) is 13.5 Å². The maximum Gasteiger partial charge on any atom is 0.307 e. The number of methoxy groups -OCH3 is 1. The van der Waals surface area contributed by atoms with Crippen molar-refractivity contribution in [3.63, 3.8) is 0 Å². The van der Waals surface area contributed by atoms with Crippen LogP contribution in [0.4, 0.5) is 0 Å². The lowest BCUT2D eigenvalue weighted by Crippen LogP contribution is -2.37. The first kappa shape index (κ1) is 10.8. The van der Waals surface area contributed by atoms with Gasteiger partial charge in [0.25, 0.3) is 0 Å². The second kappa shape index (κ2) is 3.14. The fourth-order valence-electron chi connectivity index (χ4n) is 2.42. The fraction of sp³-hybridized carbons (Fsp3) is 0.889. The zero-order chi connectivity index (χ0) is 8.82. The Morgan fingerprint density at radius 2 is 2.15 bits per heavy atom. The number of nitrogens with two attached hydrogens (primary N) is 1. The van der Waals surface area contributed by atoms with Gasteiger partial charge in [-0.25, -0.2) is 0 Å². The number of ether oxygens (including phenoxy) is 1. The predicted molar refractivity (Wildman–Crippen MR) is 51.7 cm³/mol. The van der Waals surface area contributed by atoms with Crippen molar-refractivity contribution in [1.82, 2.24) is 0 Å². The second-order valence-electron chi connectivity index (χ2n) is 4.22. The van der Waals surface area contributed by atoms with E-state index in [1.807, 2.05) is 0 Å². The molecule has 2 rings (SSSR count). The van der Waals surface area contributed by atoms with Crippen LogP contribution < -0.4 is 5.73 Å². The van der Waals surface area contributed by atoms with E-state index in [9.17, 15) is 4.79 Å². The Morgan fingerprint density at radius 3 is 2.46 bits per heavy atom. The summed E-state index contributed by atoms with van der Waals surface area (Å²) < 4.78 is 4.61. The third-order valence-electron chi connectivity index (χ3n) is 3.58. The minimum Gasteiger partial charge on any atom is -0.469 e. The van der Waals surface area contributed by atoms with Gasteiger partial charge < -0.3 is 10.5 Å². The second-order valence-corrected chi connectivity index (χ2v) is 4.22. The number of hydrogen-bond donors (Lipinski definition) is 1. The van der Waals surface area contributed by atoms with Crippen LogP contribution in [0.25, 0.3) is 0 Å². The Kier molecular flexibility index (Phi) is 2.61. The zero-order valence-corrected chi connectivity index (χ0v) is 8.65. The van der Waals surface area contributed by atoms with Crippen LogP contribution in [0.5, 0.6) is 0 Å². The van der Waals surface area contributed by atoms with E-state index < -0.39 is 0 Å². The first-order chi connectivity index (χ1) is 5.62. The van der Waals surface area contributed by atoms with Gasteiger partial charge in [-0.3, -0.25) is 4.79 Å². The molecule has 0 radical (unpaired) electrons. The van der Waals surface area contributed by atoms with Crippen molar-refractivity contribution in [2.75, 3.05) is 7.11 Å². The minimum absolute atomic E-state index is 0. The predicted octanol–water partition coefficient (Wildman–Crippen LogP) is 1.24. The van der Waals surface area contributed by atoms with Gasteiger partial charge in [0.15, 0.2) is 0 Å². The van der Waals surface area contributed by atoms with E-state index >= 15 is 0 Å². The third-order valence-corrected chi connectivity index (χ3v) is 3.58. The van der Waals surface area contributed by atoms with Crippen LogP contribution in [0.2, 0.25) is 0 Å². The van der Waals surface area contributed by atoms with Crippen LogP contribution in [-0.2, 0) is 9.53 Å². The van der Waals surface area contributed by atoms with Gasteiger partial charge in [-0.15, -0.1) is 12.4 Å². The molecule has 2 saturated carbocycles. The quantitative estimate of drug-likeness (QED) is 0.691. The highest BCUT2D eigenvalue weighted by molar-refractivity contribution is 5.85. The Balaban J connectivity index is 0.000000845. The van der Waals surface area contributed by atoms with Crippen LogP contribution >= 0.6 is 12.4 Å². The highest BCUT2D eigenvalue weighted by Crippen LogP contribution is 2.68. The highest BCUT2D eigenvalue weighted by Gasteiger charge is 2.67. The van der Waals surface area contributed by atoms with Crippen molar-refractivity contribution in [2.45, 2.75) is 37.6 Å². The molecule has 0 amide bonds. The molecule has 0 saturated heterocycles. The molecule has 0 aromatic heterocycles. The van der Waals surface area contributed by atoms with Gasteiger partial charge in [-0.2, -0.15) is 0 Å². The SMILES string of the molecule is COC(=O)CC1(N)CC12CCC2.Cl. The Morgan fingerprint density at radius 1 is 1.54 bits per heavy atom. The maximum atomic E-state index is 11.0. The molecule has 2 aliphatic rings. The molecule has 2 N–H and O–H groups in total. The molecule has 2 aliphatic carbocycles. The molecule has 1 atom stereocenters. The first-order valence-electron chi connectivity index (χ1n) is 4.48. The van der Waals surface area contributed by atoms with Gasteiger partial charge in [-0.05, 0) is 24.7 Å². The monoisotopic (exact) mass is 205 g/mol. The standard InChI is InChI=1S/C9H15NO2.ClH/c1-12-7(11)5-9(10)6-8(9)3-2-4-8;/h2-6,10H2,1H3;1H. The number of halogens is 1. The zero-order valence-electron chi connectivity index (χ0n) is 7.84. The lowest BCUT2D eigenvalue weighted by atomic mass is 9.77. The lowest BCUT2D eigenvalue weighted by molar-refractivity contribution is -0.141. The molecule has 0 aromatic carbocycles. The molecule has 13 heavy (non-hydrogen) atoms. The number of hydrogen-bond acceptors (Lipinski definition) is 3. The van der Waals surface area contributed by atoms with Gasteiger partial charge in [0.2, 0.25) is 0 Å². The topological polar surface area (TPSA) is 52.3 Å². The van der Waals surface area contributed by atoms with Crippen LogP contribution in [0.1, 0.15) is 32.1 Å². The van der Waals surface area contributed by atoms with E-state index in [0.29, 0.717) is 11.8 Å². The highest BCUT2D eigenvalue weighted by atomic mass is 35.5. The van der Waals surface area contributed by atoms with Crippen molar-refractivity contribution < 1.29 is 9.53 Å². The van der Waals surface area contributed by atoms with Crippen molar-refractivity contribution in [3.8, 4) is 0 Å². The van der Waals surface area contributed by atoms with Gasteiger partial charge in [0.1, 0.15) is 0 Å². The van der Waals surface area contributed by atoms with Crippen LogP contribution in [-0.4, -0.2) is 18.6 Å². The largest absolute Gasteiger partial charge is 0.469 e. The van der Waals surface area contributed by atoms with Crippen molar-refractivity contribution in [3.05, 3.63) is 0 Å². The molecule has 3 nitrogen and oxygen atoms in total. The fourth-order valence-corrected chi connectivity index (χ4v) is 2.42. The average molecular weight is 206 g/mol. The van der Waals surface area contributed by atoms with Crippen molar-refractivity contribution in [1.29, 1.82) is 0 Å². The summed E-state index contributed by atoms with van der Waals surface area (Å²) in [7, 11) is 1.42. The summed E-state index contributed by atoms with van der Waals surface area (Å²) >= 11 is 0. The molecule has 76 valence electrons. The summed E-state index contributed by atoms with van der Waals surface area (Å²) in [6.45, 7) is 0. The molecule has 1 spiro atoms. The maximum absolute atomic E-state index is 11.0. The average Bonchev–Trinajstić information content (AvgIpc) is 2.56. The normalized spacial score (nSPS) is 33.1. The molecule has 0 bridgehead atoms. The molecule has 0 aromatic rings. The summed E-state index contributed by atoms with van der Waals surface area (Å²) in [6, 6.07) is 0. The van der Waals surface area contributed by atoms with E-state index in [2.05, 4.69) is 4.74 Å². The summed E-state index contributed by atoms with van der Waals surface area (Å²) in [5.41, 5.74) is 6.19. The summed E-state index contributed by atoms with van der Waals surface area (Å²) in [4.78, 5) is 11.0. The molecule has 4 heteroatoms.